The third-order valence-electron chi connectivity index (χ3n) is 3.23. The van der Waals surface area contributed by atoms with Gasteiger partial charge in [-0.2, -0.15) is 31.4 Å². The maximum atomic E-state index is 13.1. The van der Waals surface area contributed by atoms with Crippen LogP contribution in [0.3, 0.4) is 0 Å². The molecule has 0 bridgehead atoms. The maximum Gasteiger partial charge on any atom is 0.417 e. The van der Waals surface area contributed by atoms with Crippen LogP contribution in [0, 0.1) is 0 Å². The van der Waals surface area contributed by atoms with Gasteiger partial charge in [0.1, 0.15) is 0 Å². The number of hydrogen-bond donors (Lipinski definition) is 1. The number of anilines is 1. The Bertz CT molecular complexity index is 861. The van der Waals surface area contributed by atoms with Gasteiger partial charge in [-0.15, -0.1) is 11.3 Å². The lowest BCUT2D eigenvalue weighted by atomic mass is 10.0. The van der Waals surface area contributed by atoms with Crippen LogP contribution in [0.25, 0.3) is 0 Å². The van der Waals surface area contributed by atoms with Gasteiger partial charge < -0.3 is 4.74 Å². The summed E-state index contributed by atoms with van der Waals surface area (Å²) in [5.41, 5.74) is -0.658. The van der Waals surface area contributed by atoms with E-state index in [9.17, 15) is 31.1 Å². The van der Waals surface area contributed by atoms with Crippen molar-refractivity contribution in [1.82, 2.24) is 4.98 Å². The largest absolute Gasteiger partial charge is 0.466 e. The van der Waals surface area contributed by atoms with Crippen molar-refractivity contribution in [2.45, 2.75) is 25.7 Å². The van der Waals surface area contributed by atoms with Crippen LogP contribution in [0.4, 0.5) is 31.5 Å². The summed E-state index contributed by atoms with van der Waals surface area (Å²) < 4.78 is 81.9. The van der Waals surface area contributed by atoms with Crippen LogP contribution in [0.2, 0.25) is 0 Å². The molecule has 1 N–H and O–H groups in total. The minimum atomic E-state index is -4.99. The average Bonchev–Trinajstić information content (AvgIpc) is 3.00. The highest BCUT2D eigenvalue weighted by atomic mass is 32.1. The van der Waals surface area contributed by atoms with Crippen molar-refractivity contribution in [2.75, 3.05) is 12.0 Å². The molecule has 0 spiro atoms. The van der Waals surface area contributed by atoms with Gasteiger partial charge in [0.2, 0.25) is 5.13 Å². The van der Waals surface area contributed by atoms with Crippen molar-refractivity contribution >= 4 is 28.7 Å². The second-order valence-corrected chi connectivity index (χ2v) is 6.15. The fourth-order valence-electron chi connectivity index (χ4n) is 2.05. The molecule has 0 radical (unpaired) electrons. The molecule has 0 fully saturated rings. The van der Waals surface area contributed by atoms with Crippen molar-refractivity contribution in [3.8, 4) is 0 Å². The lowest BCUT2D eigenvalue weighted by Gasteiger charge is -2.13. The summed E-state index contributed by atoms with van der Waals surface area (Å²) in [4.78, 5) is 15.4. The van der Waals surface area contributed by atoms with Crippen LogP contribution in [0.5, 0.6) is 0 Å². The van der Waals surface area contributed by atoms with Crippen LogP contribution in [-0.4, -0.2) is 23.8 Å². The van der Waals surface area contributed by atoms with Gasteiger partial charge in [0, 0.05) is 10.9 Å². The third-order valence-corrected chi connectivity index (χ3v) is 4.03. The Morgan fingerprint density at radius 3 is 2.57 bits per heavy atom. The molecule has 0 saturated carbocycles. The van der Waals surface area contributed by atoms with Gasteiger partial charge in [-0.25, -0.2) is 4.98 Å². The van der Waals surface area contributed by atoms with E-state index in [4.69, 9.17) is 4.74 Å². The summed E-state index contributed by atoms with van der Waals surface area (Å²) in [6.07, 6.45) is -9.22. The second-order valence-electron chi connectivity index (χ2n) is 5.29. The summed E-state index contributed by atoms with van der Waals surface area (Å²) in [6, 6.07) is 1.25. The molecule has 28 heavy (non-hydrogen) atoms. The van der Waals surface area contributed by atoms with Crippen molar-refractivity contribution < 1.29 is 35.9 Å². The second kappa shape index (κ2) is 8.59. The Labute approximate surface area is 159 Å². The smallest absolute Gasteiger partial charge is 0.417 e. The van der Waals surface area contributed by atoms with Crippen molar-refractivity contribution in [3.63, 3.8) is 0 Å². The number of thiazole rings is 1. The number of hydrazone groups is 1. The molecule has 12 heteroatoms. The molecule has 152 valence electrons. The summed E-state index contributed by atoms with van der Waals surface area (Å²) in [7, 11) is 0. The number of esters is 1. The van der Waals surface area contributed by atoms with Gasteiger partial charge in [-0.05, 0) is 19.1 Å². The fourth-order valence-corrected chi connectivity index (χ4v) is 2.71. The first-order chi connectivity index (χ1) is 13.0. The quantitative estimate of drug-likeness (QED) is 0.315. The van der Waals surface area contributed by atoms with Crippen LogP contribution < -0.4 is 5.43 Å². The molecule has 1 aromatic heterocycles. The molecule has 0 amide bonds. The molecule has 0 aliphatic heterocycles. The van der Waals surface area contributed by atoms with Gasteiger partial charge in [-0.3, -0.25) is 10.2 Å². The molecule has 0 aliphatic rings. The number of nitrogens with one attached hydrogen (secondary N) is 1. The molecule has 1 heterocycles. The molecule has 0 aliphatic carbocycles. The molecule has 2 rings (SSSR count). The van der Waals surface area contributed by atoms with E-state index in [1.165, 1.54) is 5.38 Å². The highest BCUT2D eigenvalue weighted by Crippen LogP contribution is 2.36. The van der Waals surface area contributed by atoms with E-state index in [1.807, 2.05) is 0 Å². The predicted molar refractivity (Wildman–Crippen MR) is 90.1 cm³/mol. The number of aromatic nitrogens is 1. The Hall–Kier alpha value is -2.63. The van der Waals surface area contributed by atoms with Crippen LogP contribution in [-0.2, 0) is 28.3 Å². The van der Waals surface area contributed by atoms with Crippen molar-refractivity contribution in [2.24, 2.45) is 5.10 Å². The summed E-state index contributed by atoms with van der Waals surface area (Å²) in [5.74, 6) is -0.484. The zero-order valence-electron chi connectivity index (χ0n) is 14.2. The van der Waals surface area contributed by atoms with E-state index in [2.05, 4.69) is 15.5 Å². The first kappa shape index (κ1) is 21.7. The van der Waals surface area contributed by atoms with Gasteiger partial charge in [0.25, 0.3) is 0 Å². The Kier molecular flexibility index (Phi) is 6.65. The van der Waals surface area contributed by atoms with E-state index in [0.717, 1.165) is 17.6 Å². The monoisotopic (exact) mass is 425 g/mol. The maximum absolute atomic E-state index is 13.1. The topological polar surface area (TPSA) is 63.6 Å². The predicted octanol–water partition coefficient (Wildman–Crippen LogP) is 4.73. The van der Waals surface area contributed by atoms with Crippen molar-refractivity contribution in [1.29, 1.82) is 0 Å². The molecule has 1 aromatic carbocycles. The van der Waals surface area contributed by atoms with Crippen LogP contribution in [0.1, 0.15) is 29.3 Å². The van der Waals surface area contributed by atoms with Crippen molar-refractivity contribution in [3.05, 3.63) is 46.0 Å². The Morgan fingerprint density at radius 2 is 1.96 bits per heavy atom. The lowest BCUT2D eigenvalue weighted by molar-refractivity contribution is -0.144. The number of carbonyl (C=O) groups excluding carboxylic acids is 1. The van der Waals surface area contributed by atoms with Gasteiger partial charge in [-0.1, -0.05) is 6.07 Å². The Balaban J connectivity index is 2.14. The van der Waals surface area contributed by atoms with Crippen LogP contribution in [0.15, 0.2) is 28.7 Å². The first-order valence-electron chi connectivity index (χ1n) is 7.68. The minimum absolute atomic E-state index is 0.0300. The minimum Gasteiger partial charge on any atom is -0.466 e. The number of rotatable bonds is 6. The normalized spacial score (nSPS) is 12.4. The lowest BCUT2D eigenvalue weighted by Crippen LogP contribution is -2.13. The van der Waals surface area contributed by atoms with Gasteiger partial charge >= 0.3 is 18.3 Å². The standard InChI is InChI=1S/C16H13F6N3O2S/c1-2-27-13(26)6-11-8-28-14(24-11)25-23-7-9-3-4-10(15(17,18)19)5-12(9)16(20,21)22/h3-5,7-8H,2,6H2,1H3,(H,24,25). The molecule has 5 nitrogen and oxygen atoms in total. The molecular formula is C16H13F6N3O2S. The number of carbonyl (C=O) groups is 1. The van der Waals surface area contributed by atoms with Gasteiger partial charge in [0.05, 0.1) is 36.1 Å². The van der Waals surface area contributed by atoms with Crippen LogP contribution >= 0.6 is 11.3 Å². The zero-order chi connectivity index (χ0) is 20.9. The third kappa shape index (κ3) is 5.94. The average molecular weight is 425 g/mol. The fraction of sp³-hybridized carbons (Fsp3) is 0.312. The summed E-state index contributed by atoms with van der Waals surface area (Å²) in [6.45, 7) is 1.87. The number of nitrogens with zero attached hydrogens (tertiary/aromatic N) is 2. The highest BCUT2D eigenvalue weighted by Gasteiger charge is 2.37. The van der Waals surface area contributed by atoms with E-state index in [0.29, 0.717) is 17.8 Å². The van der Waals surface area contributed by atoms with Gasteiger partial charge in [0.15, 0.2) is 0 Å². The van der Waals surface area contributed by atoms with E-state index < -0.39 is 35.0 Å². The SMILES string of the molecule is CCOC(=O)Cc1csc(NN=Cc2ccc(C(F)(F)F)cc2C(F)(F)F)n1. The zero-order valence-corrected chi connectivity index (χ0v) is 15.0. The van der Waals surface area contributed by atoms with E-state index >= 15 is 0 Å². The summed E-state index contributed by atoms with van der Waals surface area (Å²) in [5, 5.41) is 5.31. The molecular weight excluding hydrogens is 412 g/mol. The van der Waals surface area contributed by atoms with E-state index in [1.54, 1.807) is 6.92 Å². The molecule has 0 saturated heterocycles. The number of ether oxygens (including phenoxy) is 1. The highest BCUT2D eigenvalue weighted by molar-refractivity contribution is 7.13. The first-order valence-corrected chi connectivity index (χ1v) is 8.56. The number of hydrogen-bond acceptors (Lipinski definition) is 6. The Morgan fingerprint density at radius 1 is 1.25 bits per heavy atom. The molecule has 0 unspecified atom stereocenters. The van der Waals surface area contributed by atoms with E-state index in [-0.39, 0.29) is 24.2 Å². The number of alkyl halides is 6. The number of benzene rings is 1. The number of halogens is 6. The molecule has 2 aromatic rings. The summed E-state index contributed by atoms with van der Waals surface area (Å²) >= 11 is 1.05. The molecule has 0 atom stereocenters.